The lowest BCUT2D eigenvalue weighted by Crippen LogP contribution is -2.37. The summed E-state index contributed by atoms with van der Waals surface area (Å²) in [6.45, 7) is -0.548. The number of H-pyrrole nitrogens is 1. The largest absolute Gasteiger partial charge is 0.394 e. The van der Waals surface area contributed by atoms with Gasteiger partial charge in [-0.15, -0.1) is 0 Å². The van der Waals surface area contributed by atoms with Gasteiger partial charge in [0.25, 0.3) is 5.56 Å². The molecule has 0 aliphatic carbocycles. The molecule has 9 heteroatoms. The van der Waals surface area contributed by atoms with Gasteiger partial charge >= 0.3 is 0 Å². The van der Waals surface area contributed by atoms with Crippen LogP contribution in [0.1, 0.15) is 6.30 Å². The van der Waals surface area contributed by atoms with Crippen LogP contribution in [-0.2, 0) is 4.74 Å². The Balaban J connectivity index is 2.45. The number of halogens is 1. The number of ether oxygens (including phenoxy) is 1. The maximum Gasteiger partial charge on any atom is 0.261 e. The Bertz CT molecular complexity index is 651. The van der Waals surface area contributed by atoms with E-state index in [1.165, 1.54) is 19.4 Å². The molecule has 0 saturated carbocycles. The van der Waals surface area contributed by atoms with E-state index in [2.05, 4.69) is 9.97 Å². The Morgan fingerprint density at radius 3 is 2.95 bits per heavy atom. The number of nitrogens with one attached hydrogen (secondary N) is 1. The molecule has 20 heavy (non-hydrogen) atoms. The Morgan fingerprint density at radius 2 is 2.35 bits per heavy atom. The zero-order valence-corrected chi connectivity index (χ0v) is 10.7. The van der Waals surface area contributed by atoms with E-state index in [-0.39, 0.29) is 17.0 Å². The van der Waals surface area contributed by atoms with E-state index in [4.69, 9.17) is 15.6 Å². The minimum atomic E-state index is -1.95. The van der Waals surface area contributed by atoms with Gasteiger partial charge in [0.15, 0.2) is 5.65 Å². The van der Waals surface area contributed by atoms with E-state index in [1.54, 1.807) is 0 Å². The van der Waals surface area contributed by atoms with Crippen LogP contribution in [0.15, 0.2) is 17.1 Å². The van der Waals surface area contributed by atoms with Gasteiger partial charge in [-0.25, -0.2) is 4.39 Å². The predicted molar refractivity (Wildman–Crippen MR) is 68.8 cm³/mol. The molecule has 0 aliphatic heterocycles. The molecule has 110 valence electrons. The van der Waals surface area contributed by atoms with Crippen molar-refractivity contribution in [2.24, 2.45) is 0 Å². The van der Waals surface area contributed by atoms with Gasteiger partial charge in [-0.1, -0.05) is 0 Å². The summed E-state index contributed by atoms with van der Waals surface area (Å²) in [7, 11) is 1.24. The molecule has 2 aromatic heterocycles. The summed E-state index contributed by atoms with van der Waals surface area (Å²) >= 11 is 0. The molecule has 2 rings (SSSR count). The van der Waals surface area contributed by atoms with Crippen LogP contribution in [0.4, 0.5) is 10.3 Å². The Kier molecular flexibility index (Phi) is 4.02. The SMILES string of the molecule is CO[C@H](CO)[C@@H](O)[C@H](F)n1ccc2c(=O)[nH]c(N)nc21. The first kappa shape index (κ1) is 14.4. The number of aromatic nitrogens is 3. The number of methoxy groups -OCH3 is 1. The normalized spacial score (nSPS) is 16.2. The molecule has 0 spiro atoms. The molecule has 0 bridgehead atoms. The molecule has 0 amide bonds. The van der Waals surface area contributed by atoms with Crippen molar-refractivity contribution in [3.8, 4) is 0 Å². The molecule has 0 unspecified atom stereocenters. The second-order valence-electron chi connectivity index (χ2n) is 4.23. The minimum Gasteiger partial charge on any atom is -0.394 e. The Labute approximate surface area is 112 Å². The number of anilines is 1. The lowest BCUT2D eigenvalue weighted by Gasteiger charge is -2.23. The smallest absolute Gasteiger partial charge is 0.261 e. The van der Waals surface area contributed by atoms with Gasteiger partial charge in [0.2, 0.25) is 12.2 Å². The summed E-state index contributed by atoms with van der Waals surface area (Å²) in [5.74, 6) is -0.158. The van der Waals surface area contributed by atoms with Crippen molar-refractivity contribution in [2.75, 3.05) is 19.5 Å². The molecule has 0 fully saturated rings. The maximum absolute atomic E-state index is 14.3. The predicted octanol–water partition coefficient (Wildman–Crippen LogP) is -0.857. The average molecular weight is 286 g/mol. The van der Waals surface area contributed by atoms with E-state index in [0.717, 1.165) is 4.57 Å². The molecule has 2 aromatic rings. The Morgan fingerprint density at radius 1 is 1.65 bits per heavy atom. The fourth-order valence-electron chi connectivity index (χ4n) is 1.92. The zero-order valence-electron chi connectivity index (χ0n) is 10.7. The lowest BCUT2D eigenvalue weighted by atomic mass is 10.2. The average Bonchev–Trinajstić information content (AvgIpc) is 2.83. The quantitative estimate of drug-likeness (QED) is 0.566. The van der Waals surface area contributed by atoms with Gasteiger partial charge < -0.3 is 20.7 Å². The van der Waals surface area contributed by atoms with Gasteiger partial charge in [0.05, 0.1) is 12.0 Å². The molecule has 0 aromatic carbocycles. The van der Waals surface area contributed by atoms with Crippen molar-refractivity contribution in [2.45, 2.75) is 18.5 Å². The van der Waals surface area contributed by atoms with Crippen LogP contribution in [0.5, 0.6) is 0 Å². The van der Waals surface area contributed by atoms with Crippen molar-refractivity contribution >= 4 is 17.0 Å². The molecular formula is C11H15FN4O4. The minimum absolute atomic E-state index is 0.00518. The Hall–Kier alpha value is -1.97. The molecule has 0 saturated heterocycles. The number of aliphatic hydroxyl groups is 2. The van der Waals surface area contributed by atoms with Crippen LogP contribution in [-0.4, -0.2) is 50.7 Å². The highest BCUT2D eigenvalue weighted by atomic mass is 19.1. The topological polar surface area (TPSA) is 126 Å². The van der Waals surface area contributed by atoms with Gasteiger partial charge in [-0.05, 0) is 6.07 Å². The molecule has 0 radical (unpaired) electrons. The first-order chi connectivity index (χ1) is 9.49. The second kappa shape index (κ2) is 5.57. The molecule has 8 nitrogen and oxygen atoms in total. The molecule has 3 atom stereocenters. The van der Waals surface area contributed by atoms with E-state index in [0.29, 0.717) is 0 Å². The standard InChI is InChI=1S/C11H15FN4O4/c1-20-6(4-17)7(18)8(12)16-3-2-5-9(16)14-11(13)15-10(5)19/h2-3,6-8,17-18H,4H2,1H3,(H3,13,14,15,19)/t6-,7-,8-/m1/s1. The van der Waals surface area contributed by atoms with Gasteiger partial charge in [-0.3, -0.25) is 14.3 Å². The molecular weight excluding hydrogens is 271 g/mol. The summed E-state index contributed by atoms with van der Waals surface area (Å²) in [6, 6.07) is 1.36. The third-order valence-electron chi connectivity index (χ3n) is 3.01. The summed E-state index contributed by atoms with van der Waals surface area (Å²) in [4.78, 5) is 17.7. The highest BCUT2D eigenvalue weighted by Gasteiger charge is 2.30. The van der Waals surface area contributed by atoms with Crippen LogP contribution in [0, 0.1) is 0 Å². The van der Waals surface area contributed by atoms with E-state index in [1.807, 2.05) is 0 Å². The van der Waals surface area contributed by atoms with Gasteiger partial charge in [0, 0.05) is 13.3 Å². The highest BCUT2D eigenvalue weighted by Crippen LogP contribution is 2.22. The number of nitrogen functional groups attached to an aromatic ring is 1. The number of nitrogens with zero attached hydrogens (tertiary/aromatic N) is 2. The fraction of sp³-hybridized carbons (Fsp3) is 0.455. The fourth-order valence-corrected chi connectivity index (χ4v) is 1.92. The monoisotopic (exact) mass is 286 g/mol. The molecule has 2 heterocycles. The number of aromatic amines is 1. The third-order valence-corrected chi connectivity index (χ3v) is 3.01. The van der Waals surface area contributed by atoms with E-state index >= 15 is 0 Å². The van der Waals surface area contributed by atoms with Gasteiger partial charge in [-0.2, -0.15) is 4.98 Å². The number of alkyl halides is 1. The molecule has 0 aliphatic rings. The van der Waals surface area contributed by atoms with Crippen molar-refractivity contribution in [1.29, 1.82) is 0 Å². The summed E-state index contributed by atoms with van der Waals surface area (Å²) in [6.07, 6.45) is -3.40. The number of hydrogen-bond donors (Lipinski definition) is 4. The third kappa shape index (κ3) is 2.38. The summed E-state index contributed by atoms with van der Waals surface area (Å²) in [5, 5.41) is 19.0. The lowest BCUT2D eigenvalue weighted by molar-refractivity contribution is -0.0890. The van der Waals surface area contributed by atoms with Crippen LogP contribution >= 0.6 is 0 Å². The number of aliphatic hydroxyl groups excluding tert-OH is 2. The number of fused-ring (bicyclic) bond motifs is 1. The van der Waals surface area contributed by atoms with E-state index in [9.17, 15) is 14.3 Å². The molecule has 5 N–H and O–H groups in total. The summed E-state index contributed by atoms with van der Waals surface area (Å²) in [5.41, 5.74) is 4.92. The van der Waals surface area contributed by atoms with Crippen LogP contribution < -0.4 is 11.3 Å². The number of nitrogens with two attached hydrogens (primary N) is 1. The number of hydrogen-bond acceptors (Lipinski definition) is 6. The van der Waals surface area contributed by atoms with Crippen molar-refractivity contribution in [1.82, 2.24) is 14.5 Å². The summed E-state index contributed by atoms with van der Waals surface area (Å²) < 4.78 is 20.0. The van der Waals surface area contributed by atoms with Crippen molar-refractivity contribution < 1.29 is 19.3 Å². The van der Waals surface area contributed by atoms with Crippen LogP contribution in [0.25, 0.3) is 11.0 Å². The van der Waals surface area contributed by atoms with Crippen molar-refractivity contribution in [3.05, 3.63) is 22.6 Å². The number of rotatable bonds is 5. The highest BCUT2D eigenvalue weighted by molar-refractivity contribution is 5.76. The maximum atomic E-state index is 14.3. The van der Waals surface area contributed by atoms with Crippen molar-refractivity contribution in [3.63, 3.8) is 0 Å². The first-order valence-electron chi connectivity index (χ1n) is 5.81. The van der Waals surface area contributed by atoms with Crippen LogP contribution in [0.2, 0.25) is 0 Å². The first-order valence-corrected chi connectivity index (χ1v) is 5.81. The van der Waals surface area contributed by atoms with Gasteiger partial charge in [0.1, 0.15) is 12.2 Å². The van der Waals surface area contributed by atoms with E-state index < -0.39 is 30.7 Å². The van der Waals surface area contributed by atoms with Crippen LogP contribution in [0.3, 0.4) is 0 Å². The second-order valence-corrected chi connectivity index (χ2v) is 4.23. The zero-order chi connectivity index (χ0) is 14.9.